The minimum atomic E-state index is -0.431. The van der Waals surface area contributed by atoms with E-state index in [0.29, 0.717) is 20.8 Å². The van der Waals surface area contributed by atoms with Gasteiger partial charge in [-0.3, -0.25) is 10.1 Å². The van der Waals surface area contributed by atoms with Gasteiger partial charge in [0.2, 0.25) is 0 Å². The number of non-ortho nitro benzene ring substituents is 1. The number of rotatable bonds is 3. The number of nitrogens with zero attached hydrogens (tertiary/aromatic N) is 2. The molecular weight excluding hydrogens is 352 g/mol. The molecule has 5 nitrogen and oxygen atoms in total. The molecule has 1 aliphatic heterocycles. The Morgan fingerprint density at radius 3 is 2.48 bits per heavy atom. The van der Waals surface area contributed by atoms with Gasteiger partial charge in [-0.1, -0.05) is 36.2 Å². The second kappa shape index (κ2) is 6.23. The zero-order valence-corrected chi connectivity index (χ0v) is 14.3. The van der Waals surface area contributed by atoms with Crippen molar-refractivity contribution in [1.29, 1.82) is 0 Å². The molecule has 0 unspecified atom stereocenters. The van der Waals surface area contributed by atoms with Crippen LogP contribution in [0.2, 0.25) is 0 Å². The average molecular weight is 362 g/mol. The van der Waals surface area contributed by atoms with E-state index in [9.17, 15) is 10.1 Å². The molecule has 0 bridgehead atoms. The Morgan fingerprint density at radius 2 is 1.91 bits per heavy atom. The van der Waals surface area contributed by atoms with Crippen LogP contribution in [-0.4, -0.2) is 26.2 Å². The smallest absolute Gasteiger partial charge is 0.269 e. The van der Waals surface area contributed by atoms with Crippen molar-refractivity contribution in [3.63, 3.8) is 0 Å². The highest BCUT2D eigenvalue weighted by atomic mass is 32.2. The second-order valence-corrected chi connectivity index (χ2v) is 6.81. The molecule has 1 aliphatic rings. The van der Waals surface area contributed by atoms with E-state index < -0.39 is 4.92 Å². The van der Waals surface area contributed by atoms with Gasteiger partial charge in [0.15, 0.2) is 0 Å². The van der Waals surface area contributed by atoms with Crippen molar-refractivity contribution < 1.29 is 9.34 Å². The van der Waals surface area contributed by atoms with Gasteiger partial charge >= 0.3 is 0 Å². The topological polar surface area (TPSA) is 59.5 Å². The van der Waals surface area contributed by atoms with E-state index >= 15 is 0 Å². The number of nitro benzene ring substituents is 1. The maximum absolute atomic E-state index is 10.7. The summed E-state index contributed by atoms with van der Waals surface area (Å²) in [6, 6.07) is 9.86. The standard InChI is InChI=1S/C15H10N2O3S3/c1-16-14(21)13(23-15(16)22)8-11-6-7-12(20-11)9-2-4-10(5-3-9)17(18)19/h2-8H,1H3/b13-8-. The van der Waals surface area contributed by atoms with Gasteiger partial charge in [-0.15, -0.1) is 0 Å². The summed E-state index contributed by atoms with van der Waals surface area (Å²) in [7, 11) is 1.84. The van der Waals surface area contributed by atoms with E-state index in [1.807, 2.05) is 25.3 Å². The quantitative estimate of drug-likeness (QED) is 0.345. The van der Waals surface area contributed by atoms with Gasteiger partial charge in [0.05, 0.1) is 9.83 Å². The SMILES string of the molecule is CN1C(=S)S/C(=C\c2ccc(-c3ccc([N+](=O)[O-])cc3)o2)C1=S. The predicted octanol–water partition coefficient (Wildman–Crippen LogP) is 4.49. The Hall–Kier alpha value is -2.03. The van der Waals surface area contributed by atoms with Crippen LogP contribution < -0.4 is 0 Å². The van der Waals surface area contributed by atoms with Crippen LogP contribution in [0.4, 0.5) is 5.69 Å². The minimum Gasteiger partial charge on any atom is -0.457 e. The maximum atomic E-state index is 10.7. The summed E-state index contributed by atoms with van der Waals surface area (Å²) in [6.07, 6.45) is 1.84. The lowest BCUT2D eigenvalue weighted by Gasteiger charge is -2.06. The lowest BCUT2D eigenvalue weighted by Crippen LogP contribution is -2.20. The Balaban J connectivity index is 1.85. The van der Waals surface area contributed by atoms with E-state index in [1.165, 1.54) is 23.9 Å². The fourth-order valence-corrected chi connectivity index (χ4v) is 3.57. The van der Waals surface area contributed by atoms with E-state index in [4.69, 9.17) is 28.9 Å². The number of hydrogen-bond donors (Lipinski definition) is 0. The fourth-order valence-electron chi connectivity index (χ4n) is 2.01. The van der Waals surface area contributed by atoms with E-state index in [-0.39, 0.29) is 5.69 Å². The normalized spacial score (nSPS) is 16.4. The maximum Gasteiger partial charge on any atom is 0.269 e. The number of nitro groups is 1. The van der Waals surface area contributed by atoms with Crippen LogP contribution in [0.15, 0.2) is 45.7 Å². The molecule has 23 heavy (non-hydrogen) atoms. The molecule has 0 radical (unpaired) electrons. The Labute approximate surface area is 147 Å². The first-order valence-corrected chi connectivity index (χ1v) is 8.15. The van der Waals surface area contributed by atoms with Crippen molar-refractivity contribution in [3.05, 3.63) is 57.2 Å². The van der Waals surface area contributed by atoms with E-state index in [1.54, 1.807) is 17.0 Å². The summed E-state index contributed by atoms with van der Waals surface area (Å²) < 4.78 is 6.48. The number of thioether (sulfide) groups is 1. The van der Waals surface area contributed by atoms with E-state index in [2.05, 4.69) is 0 Å². The van der Waals surface area contributed by atoms with Crippen LogP contribution in [-0.2, 0) is 0 Å². The number of likely N-dealkylation sites (N-methyl/N-ethyl adjacent to an activating group) is 1. The molecule has 3 rings (SSSR count). The van der Waals surface area contributed by atoms with Crippen molar-refractivity contribution in [2.45, 2.75) is 0 Å². The Morgan fingerprint density at radius 1 is 1.22 bits per heavy atom. The van der Waals surface area contributed by atoms with Crippen molar-refractivity contribution in [3.8, 4) is 11.3 Å². The third-order valence-corrected chi connectivity index (χ3v) is 5.38. The molecule has 1 saturated heterocycles. The van der Waals surface area contributed by atoms with E-state index in [0.717, 1.165) is 10.5 Å². The third-order valence-electron chi connectivity index (χ3n) is 3.25. The highest BCUT2D eigenvalue weighted by Crippen LogP contribution is 2.33. The van der Waals surface area contributed by atoms with Gasteiger partial charge < -0.3 is 9.32 Å². The summed E-state index contributed by atoms with van der Waals surface area (Å²) >= 11 is 12.0. The molecule has 1 aromatic carbocycles. The molecule has 8 heteroatoms. The molecule has 1 aromatic heterocycles. The first kappa shape index (κ1) is 15.9. The van der Waals surface area contributed by atoms with Crippen LogP contribution in [0.5, 0.6) is 0 Å². The van der Waals surface area contributed by atoms with Gasteiger partial charge in [0.25, 0.3) is 5.69 Å². The van der Waals surface area contributed by atoms with Crippen LogP contribution in [0.3, 0.4) is 0 Å². The number of thiocarbonyl (C=S) groups is 2. The third kappa shape index (κ3) is 3.19. The molecular formula is C15H10N2O3S3. The monoisotopic (exact) mass is 362 g/mol. The minimum absolute atomic E-state index is 0.0481. The molecule has 1 fully saturated rings. The van der Waals surface area contributed by atoms with Gasteiger partial charge in [-0.05, 0) is 30.3 Å². The van der Waals surface area contributed by atoms with Crippen molar-refractivity contribution >= 4 is 57.3 Å². The molecule has 0 spiro atoms. The largest absolute Gasteiger partial charge is 0.457 e. The van der Waals surface area contributed by atoms with Crippen molar-refractivity contribution in [2.75, 3.05) is 7.05 Å². The Bertz CT molecular complexity index is 840. The molecule has 2 aromatic rings. The van der Waals surface area contributed by atoms with Crippen LogP contribution in [0.1, 0.15) is 5.76 Å². The first-order chi connectivity index (χ1) is 11.0. The summed E-state index contributed by atoms with van der Waals surface area (Å²) in [6.45, 7) is 0. The average Bonchev–Trinajstić information content (AvgIpc) is 3.09. The van der Waals surface area contributed by atoms with Gasteiger partial charge in [-0.25, -0.2) is 0 Å². The highest BCUT2D eigenvalue weighted by molar-refractivity contribution is 8.27. The van der Waals surface area contributed by atoms with Crippen LogP contribution in [0.25, 0.3) is 17.4 Å². The molecule has 0 aliphatic carbocycles. The number of furan rings is 1. The predicted molar refractivity (Wildman–Crippen MR) is 99.3 cm³/mol. The molecule has 116 valence electrons. The first-order valence-electron chi connectivity index (χ1n) is 6.52. The van der Waals surface area contributed by atoms with Crippen molar-refractivity contribution in [2.24, 2.45) is 0 Å². The molecule has 0 atom stereocenters. The molecule has 0 N–H and O–H groups in total. The van der Waals surface area contributed by atoms with Gasteiger partial charge in [-0.2, -0.15) is 0 Å². The molecule has 2 heterocycles. The molecule has 0 saturated carbocycles. The highest BCUT2D eigenvalue weighted by Gasteiger charge is 2.25. The lowest BCUT2D eigenvalue weighted by atomic mass is 10.1. The lowest BCUT2D eigenvalue weighted by molar-refractivity contribution is -0.384. The zero-order valence-electron chi connectivity index (χ0n) is 11.9. The summed E-state index contributed by atoms with van der Waals surface area (Å²) in [5, 5.41) is 10.7. The van der Waals surface area contributed by atoms with Crippen LogP contribution >= 0.6 is 36.2 Å². The zero-order chi connectivity index (χ0) is 16.6. The second-order valence-electron chi connectivity index (χ2n) is 4.75. The summed E-state index contributed by atoms with van der Waals surface area (Å²) in [5.41, 5.74) is 0.821. The fraction of sp³-hybridized carbons (Fsp3) is 0.0667. The number of hydrogen-bond acceptors (Lipinski definition) is 6. The van der Waals surface area contributed by atoms with Gasteiger partial charge in [0, 0.05) is 24.7 Å². The Kier molecular flexibility index (Phi) is 4.29. The van der Waals surface area contributed by atoms with Crippen LogP contribution in [0, 0.1) is 10.1 Å². The summed E-state index contributed by atoms with van der Waals surface area (Å²) in [4.78, 5) is 13.6. The number of benzene rings is 1. The van der Waals surface area contributed by atoms with Gasteiger partial charge in [0.1, 0.15) is 20.8 Å². The molecule has 0 amide bonds. The van der Waals surface area contributed by atoms with Crippen molar-refractivity contribution in [1.82, 2.24) is 4.90 Å². The summed E-state index contributed by atoms with van der Waals surface area (Å²) in [5.74, 6) is 1.29.